The van der Waals surface area contributed by atoms with Gasteiger partial charge >= 0.3 is 0 Å². The molecule has 3 saturated heterocycles. The van der Waals surface area contributed by atoms with Crippen LogP contribution in [0, 0.1) is 0 Å². The summed E-state index contributed by atoms with van der Waals surface area (Å²) in [4.78, 5) is 39.8. The first kappa shape index (κ1) is 20.8. The van der Waals surface area contributed by atoms with Crippen molar-refractivity contribution in [3.05, 3.63) is 29.8 Å². The van der Waals surface area contributed by atoms with Crippen molar-refractivity contribution in [2.75, 3.05) is 45.8 Å². The summed E-state index contributed by atoms with van der Waals surface area (Å²) in [7, 11) is 0. The zero-order valence-electron chi connectivity index (χ0n) is 17.3. The maximum absolute atomic E-state index is 12.5. The number of piperazine rings is 1. The van der Waals surface area contributed by atoms with Crippen molar-refractivity contribution in [3.8, 4) is 5.75 Å². The van der Waals surface area contributed by atoms with Gasteiger partial charge in [-0.05, 0) is 49.5 Å². The highest BCUT2D eigenvalue weighted by Crippen LogP contribution is 2.29. The minimum Gasteiger partial charge on any atom is -0.481 e. The van der Waals surface area contributed by atoms with Gasteiger partial charge in [-0.3, -0.25) is 24.6 Å². The molecule has 0 radical (unpaired) electrons. The zero-order valence-corrected chi connectivity index (χ0v) is 17.3. The van der Waals surface area contributed by atoms with Crippen LogP contribution in [0.25, 0.3) is 0 Å². The minimum atomic E-state index is -0.606. The number of rotatable bonds is 5. The molecule has 0 spiro atoms. The van der Waals surface area contributed by atoms with Gasteiger partial charge in [0.05, 0.1) is 6.54 Å². The van der Waals surface area contributed by atoms with Crippen LogP contribution in [-0.4, -0.2) is 79.4 Å². The number of ether oxygens (including phenoxy) is 1. The lowest BCUT2D eigenvalue weighted by molar-refractivity contribution is -0.139. The molecule has 1 aromatic carbocycles. The second-order valence-corrected chi connectivity index (χ2v) is 8.31. The number of piperidine rings is 2. The van der Waals surface area contributed by atoms with Gasteiger partial charge in [0.2, 0.25) is 11.8 Å². The second kappa shape index (κ2) is 9.57. The maximum Gasteiger partial charge on any atom is 0.267 e. The maximum atomic E-state index is 12.5. The molecule has 30 heavy (non-hydrogen) atoms. The Morgan fingerprint density at radius 2 is 1.70 bits per heavy atom. The van der Waals surface area contributed by atoms with Crippen LogP contribution < -0.4 is 15.4 Å². The van der Waals surface area contributed by atoms with Gasteiger partial charge in [-0.2, -0.15) is 0 Å². The summed E-state index contributed by atoms with van der Waals surface area (Å²) in [5.74, 6) is 0.756. The third kappa shape index (κ3) is 5.17. The normalized spacial score (nSPS) is 23.9. The van der Waals surface area contributed by atoms with Crippen LogP contribution in [0.5, 0.6) is 5.75 Å². The number of hydrogen-bond donors (Lipinski definition) is 2. The molecule has 0 bridgehead atoms. The van der Waals surface area contributed by atoms with E-state index in [-0.39, 0.29) is 17.7 Å². The Morgan fingerprint density at radius 1 is 1.00 bits per heavy atom. The van der Waals surface area contributed by atoms with E-state index in [0.29, 0.717) is 31.1 Å². The first-order valence-electron chi connectivity index (χ1n) is 10.9. The average molecular weight is 415 g/mol. The average Bonchev–Trinajstić information content (AvgIpc) is 2.77. The molecule has 3 amide bonds. The molecular formula is C22H30N4O4. The van der Waals surface area contributed by atoms with Gasteiger partial charge in [0.1, 0.15) is 5.75 Å². The quantitative estimate of drug-likeness (QED) is 0.682. The SMILES string of the molecule is O=C1CC[C@H](Oc2ccc(C3CCN(CC(=O)N4CCNCC4)CC3)cc2)C(=O)N1. The molecule has 3 aliphatic heterocycles. The smallest absolute Gasteiger partial charge is 0.267 e. The van der Waals surface area contributed by atoms with Crippen LogP contribution >= 0.6 is 0 Å². The van der Waals surface area contributed by atoms with E-state index in [9.17, 15) is 14.4 Å². The van der Waals surface area contributed by atoms with Crippen molar-refractivity contribution in [3.63, 3.8) is 0 Å². The van der Waals surface area contributed by atoms with Gasteiger partial charge < -0.3 is 15.0 Å². The molecule has 2 N–H and O–H groups in total. The Bertz CT molecular complexity index is 768. The number of carbonyl (C=O) groups excluding carboxylic acids is 3. The highest BCUT2D eigenvalue weighted by Gasteiger charge is 2.28. The fourth-order valence-corrected chi connectivity index (χ4v) is 4.40. The Morgan fingerprint density at radius 3 is 2.37 bits per heavy atom. The number of nitrogens with one attached hydrogen (secondary N) is 2. The molecule has 0 saturated carbocycles. The predicted molar refractivity (Wildman–Crippen MR) is 111 cm³/mol. The van der Waals surface area contributed by atoms with E-state index in [1.165, 1.54) is 5.56 Å². The first-order chi connectivity index (χ1) is 14.6. The van der Waals surface area contributed by atoms with Crippen molar-refractivity contribution < 1.29 is 19.1 Å². The van der Waals surface area contributed by atoms with Gasteiger partial charge in [-0.15, -0.1) is 0 Å². The monoisotopic (exact) mass is 414 g/mol. The first-order valence-corrected chi connectivity index (χ1v) is 10.9. The number of carbonyl (C=O) groups is 3. The lowest BCUT2D eigenvalue weighted by Gasteiger charge is -2.34. The van der Waals surface area contributed by atoms with Gasteiger partial charge in [-0.1, -0.05) is 12.1 Å². The summed E-state index contributed by atoms with van der Waals surface area (Å²) in [5.41, 5.74) is 1.26. The van der Waals surface area contributed by atoms with E-state index >= 15 is 0 Å². The van der Waals surface area contributed by atoms with E-state index in [1.807, 2.05) is 17.0 Å². The van der Waals surface area contributed by atoms with Gasteiger partial charge in [0.15, 0.2) is 6.10 Å². The van der Waals surface area contributed by atoms with E-state index < -0.39 is 6.10 Å². The Hall–Kier alpha value is -2.45. The molecule has 3 aliphatic rings. The summed E-state index contributed by atoms with van der Waals surface area (Å²) in [6.07, 6.45) is 2.18. The molecule has 3 fully saturated rings. The molecule has 8 nitrogen and oxygen atoms in total. The molecule has 1 atom stereocenters. The highest BCUT2D eigenvalue weighted by molar-refractivity contribution is 5.99. The van der Waals surface area contributed by atoms with Crippen LogP contribution in [0.3, 0.4) is 0 Å². The number of hydrogen-bond acceptors (Lipinski definition) is 6. The van der Waals surface area contributed by atoms with Crippen LogP contribution in [0.4, 0.5) is 0 Å². The second-order valence-electron chi connectivity index (χ2n) is 8.31. The van der Waals surface area contributed by atoms with Crippen LogP contribution in [0.1, 0.15) is 37.2 Å². The lowest BCUT2D eigenvalue weighted by Crippen LogP contribution is -2.50. The van der Waals surface area contributed by atoms with Crippen LogP contribution in [0.15, 0.2) is 24.3 Å². The number of likely N-dealkylation sites (tertiary alicyclic amines) is 1. The van der Waals surface area contributed by atoms with Crippen molar-refractivity contribution in [2.45, 2.75) is 37.7 Å². The van der Waals surface area contributed by atoms with E-state index in [1.54, 1.807) is 0 Å². The largest absolute Gasteiger partial charge is 0.481 e. The van der Waals surface area contributed by atoms with Gasteiger partial charge in [0, 0.05) is 39.0 Å². The number of imide groups is 1. The summed E-state index contributed by atoms with van der Waals surface area (Å²) in [6.45, 7) is 5.76. The topological polar surface area (TPSA) is 91.0 Å². The summed E-state index contributed by atoms with van der Waals surface area (Å²) < 4.78 is 5.76. The standard InChI is InChI=1S/C22H30N4O4/c27-20-6-5-19(22(29)24-20)30-18-3-1-16(2-4-18)17-7-11-25(12-8-17)15-21(28)26-13-9-23-10-14-26/h1-4,17,19,23H,5-15H2,(H,24,27,29)/t19-/m0/s1. The molecule has 4 rings (SSSR count). The Balaban J connectivity index is 1.24. The highest BCUT2D eigenvalue weighted by atomic mass is 16.5. The number of nitrogens with zero attached hydrogens (tertiary/aromatic N) is 2. The molecule has 162 valence electrons. The molecule has 8 heteroatoms. The van der Waals surface area contributed by atoms with Crippen molar-refractivity contribution in [2.24, 2.45) is 0 Å². The van der Waals surface area contributed by atoms with Crippen molar-refractivity contribution >= 4 is 17.7 Å². The number of benzene rings is 1. The van der Waals surface area contributed by atoms with E-state index in [0.717, 1.165) is 52.1 Å². The van der Waals surface area contributed by atoms with E-state index in [2.05, 4.69) is 27.7 Å². The van der Waals surface area contributed by atoms with Crippen LogP contribution in [-0.2, 0) is 14.4 Å². The Labute approximate surface area is 176 Å². The van der Waals surface area contributed by atoms with Crippen molar-refractivity contribution in [1.82, 2.24) is 20.4 Å². The molecular weight excluding hydrogens is 384 g/mol. The van der Waals surface area contributed by atoms with E-state index in [4.69, 9.17) is 4.74 Å². The predicted octanol–water partition coefficient (Wildman–Crippen LogP) is 0.482. The number of amides is 3. The third-order valence-corrected chi connectivity index (χ3v) is 6.23. The molecule has 0 aliphatic carbocycles. The lowest BCUT2D eigenvalue weighted by atomic mass is 9.89. The van der Waals surface area contributed by atoms with Crippen molar-refractivity contribution in [1.29, 1.82) is 0 Å². The third-order valence-electron chi connectivity index (χ3n) is 6.23. The Kier molecular flexibility index (Phi) is 6.64. The molecule has 3 heterocycles. The summed E-state index contributed by atoms with van der Waals surface area (Å²) >= 11 is 0. The fraction of sp³-hybridized carbons (Fsp3) is 0.591. The minimum absolute atomic E-state index is 0.240. The van der Waals surface area contributed by atoms with Crippen LogP contribution in [0.2, 0.25) is 0 Å². The zero-order chi connectivity index (χ0) is 20.9. The van der Waals surface area contributed by atoms with Gasteiger partial charge in [-0.25, -0.2) is 0 Å². The fourth-order valence-electron chi connectivity index (χ4n) is 4.40. The van der Waals surface area contributed by atoms with Gasteiger partial charge in [0.25, 0.3) is 5.91 Å². The summed E-state index contributed by atoms with van der Waals surface area (Å²) in [6, 6.07) is 7.93. The molecule has 1 aromatic rings. The molecule has 0 unspecified atom stereocenters. The summed E-state index contributed by atoms with van der Waals surface area (Å²) in [5, 5.41) is 5.59. The molecule has 0 aromatic heterocycles.